The molecule has 0 aliphatic rings. The molecule has 0 aromatic heterocycles. The van der Waals surface area contributed by atoms with Crippen molar-refractivity contribution in [2.45, 2.75) is 6.92 Å². The smallest absolute Gasteiger partial charge is 0.221 e. The maximum Gasteiger partial charge on any atom is 0.221 e. The van der Waals surface area contributed by atoms with Gasteiger partial charge in [-0.25, -0.2) is 0 Å². The molecular weight excluding hydrogens is 276 g/mol. The van der Waals surface area contributed by atoms with Crippen LogP contribution in [-0.4, -0.2) is 5.91 Å². The van der Waals surface area contributed by atoms with Crippen LogP contribution in [0.5, 0.6) is 11.5 Å². The number of hydrogen-bond acceptors (Lipinski definition) is 3. The van der Waals surface area contributed by atoms with Gasteiger partial charge in [0.05, 0.1) is 11.3 Å². The van der Waals surface area contributed by atoms with E-state index in [2.05, 4.69) is 5.32 Å². The topological polar surface area (TPSA) is 62.1 Å². The molecule has 0 saturated carbocycles. The summed E-state index contributed by atoms with van der Waals surface area (Å²) in [5, 5.41) is 12.2. The highest BCUT2D eigenvalue weighted by Crippen LogP contribution is 2.32. The lowest BCUT2D eigenvalue weighted by atomic mass is 10.2. The molecule has 100 valence electrons. The van der Waals surface area contributed by atoms with Gasteiger partial charge in [0.2, 0.25) is 5.91 Å². The lowest BCUT2D eigenvalue weighted by Crippen LogP contribution is -2.06. The maximum atomic E-state index is 11.1. The first kappa shape index (κ1) is 13.9. The minimum atomic E-state index is -0.197. The largest absolute Gasteiger partial charge is 0.454 e. The van der Waals surface area contributed by atoms with E-state index in [1.807, 2.05) is 6.07 Å². The van der Waals surface area contributed by atoms with Crippen molar-refractivity contribution in [1.82, 2.24) is 0 Å². The molecule has 0 heterocycles. The molecule has 2 aromatic carbocycles. The molecule has 1 amide bonds. The molecule has 0 unspecified atom stereocenters. The van der Waals surface area contributed by atoms with Crippen LogP contribution in [-0.2, 0) is 4.79 Å². The molecule has 5 heteroatoms. The molecule has 0 bridgehead atoms. The summed E-state index contributed by atoms with van der Waals surface area (Å²) in [7, 11) is 0. The number of hydrogen-bond donors (Lipinski definition) is 1. The molecule has 1 N–H and O–H groups in total. The second-order valence-corrected chi connectivity index (χ2v) is 4.47. The molecule has 0 aliphatic carbocycles. The summed E-state index contributed by atoms with van der Waals surface area (Å²) in [6.45, 7) is 1.42. The van der Waals surface area contributed by atoms with Crippen molar-refractivity contribution in [3.63, 3.8) is 0 Å². The predicted octanol–water partition coefficient (Wildman–Crippen LogP) is 3.96. The number of nitrogens with zero attached hydrogens (tertiary/aromatic N) is 1. The molecule has 2 aromatic rings. The highest BCUT2D eigenvalue weighted by atomic mass is 35.5. The molecule has 0 spiro atoms. The summed E-state index contributed by atoms with van der Waals surface area (Å²) >= 11 is 5.84. The van der Waals surface area contributed by atoms with Crippen molar-refractivity contribution >= 4 is 23.2 Å². The fourth-order valence-corrected chi connectivity index (χ4v) is 1.82. The number of benzene rings is 2. The van der Waals surface area contributed by atoms with Gasteiger partial charge in [0, 0.05) is 11.9 Å². The van der Waals surface area contributed by atoms with Crippen LogP contribution < -0.4 is 10.1 Å². The second-order valence-electron chi connectivity index (χ2n) is 4.03. The monoisotopic (exact) mass is 286 g/mol. The van der Waals surface area contributed by atoms with E-state index < -0.39 is 0 Å². The highest BCUT2D eigenvalue weighted by Gasteiger charge is 2.09. The summed E-state index contributed by atoms with van der Waals surface area (Å²) in [5.74, 6) is 0.647. The SMILES string of the molecule is CC(=O)Nc1ccccc1Oc1ccc(Cl)cc1C#N. The minimum Gasteiger partial charge on any atom is -0.454 e. The zero-order valence-corrected chi connectivity index (χ0v) is 11.4. The molecule has 20 heavy (non-hydrogen) atoms. The number of ether oxygens (including phenoxy) is 1. The number of nitrogens with one attached hydrogen (secondary N) is 1. The van der Waals surface area contributed by atoms with Gasteiger partial charge in [-0.1, -0.05) is 23.7 Å². The van der Waals surface area contributed by atoms with Gasteiger partial charge in [0.25, 0.3) is 0 Å². The van der Waals surface area contributed by atoms with Crippen LogP contribution >= 0.6 is 11.6 Å². The summed E-state index contributed by atoms with van der Waals surface area (Å²) in [4.78, 5) is 11.1. The van der Waals surface area contributed by atoms with Gasteiger partial charge < -0.3 is 10.1 Å². The standard InChI is InChI=1S/C15H11ClN2O2/c1-10(19)18-13-4-2-3-5-15(13)20-14-7-6-12(16)8-11(14)9-17/h2-8H,1H3,(H,18,19). The van der Waals surface area contributed by atoms with E-state index in [4.69, 9.17) is 21.6 Å². The average molecular weight is 287 g/mol. The molecule has 0 fully saturated rings. The van der Waals surface area contributed by atoms with E-state index >= 15 is 0 Å². The van der Waals surface area contributed by atoms with Gasteiger partial charge in [-0.2, -0.15) is 5.26 Å². The number of anilines is 1. The Balaban J connectivity index is 2.36. The summed E-state index contributed by atoms with van der Waals surface area (Å²) in [6, 6.07) is 13.8. The zero-order chi connectivity index (χ0) is 14.5. The number of para-hydroxylation sites is 2. The van der Waals surface area contributed by atoms with E-state index in [1.165, 1.54) is 13.0 Å². The van der Waals surface area contributed by atoms with Crippen molar-refractivity contribution < 1.29 is 9.53 Å². The van der Waals surface area contributed by atoms with E-state index in [-0.39, 0.29) is 5.91 Å². The van der Waals surface area contributed by atoms with E-state index in [9.17, 15) is 4.79 Å². The Morgan fingerprint density at radius 3 is 2.70 bits per heavy atom. The van der Waals surface area contributed by atoms with Gasteiger partial charge in [0.15, 0.2) is 5.75 Å². The van der Waals surface area contributed by atoms with E-state index in [0.29, 0.717) is 27.8 Å². The number of nitriles is 1. The number of carbonyl (C=O) groups is 1. The summed E-state index contributed by atoms with van der Waals surface area (Å²) < 4.78 is 5.69. The molecular formula is C15H11ClN2O2. The maximum absolute atomic E-state index is 11.1. The van der Waals surface area contributed by atoms with Gasteiger partial charge >= 0.3 is 0 Å². The third-order valence-electron chi connectivity index (χ3n) is 2.48. The zero-order valence-electron chi connectivity index (χ0n) is 10.7. The predicted molar refractivity (Wildman–Crippen MR) is 77.0 cm³/mol. The molecule has 0 radical (unpaired) electrons. The number of rotatable bonds is 3. The lowest BCUT2D eigenvalue weighted by Gasteiger charge is -2.12. The van der Waals surface area contributed by atoms with Gasteiger partial charge in [0.1, 0.15) is 11.8 Å². The Labute approximate surface area is 121 Å². The van der Waals surface area contributed by atoms with E-state index in [0.717, 1.165) is 0 Å². The molecule has 0 atom stereocenters. The van der Waals surface area contributed by atoms with Crippen LogP contribution in [0.1, 0.15) is 12.5 Å². The Bertz CT molecular complexity index is 693. The van der Waals surface area contributed by atoms with Gasteiger partial charge in [-0.3, -0.25) is 4.79 Å². The van der Waals surface area contributed by atoms with Crippen LogP contribution in [0, 0.1) is 11.3 Å². The van der Waals surface area contributed by atoms with Crippen LogP contribution in [0.2, 0.25) is 5.02 Å². The van der Waals surface area contributed by atoms with E-state index in [1.54, 1.807) is 36.4 Å². The fraction of sp³-hybridized carbons (Fsp3) is 0.0667. The first-order chi connectivity index (χ1) is 9.60. The molecule has 0 aliphatic heterocycles. The van der Waals surface area contributed by atoms with Crippen LogP contribution in [0.4, 0.5) is 5.69 Å². The Kier molecular flexibility index (Phi) is 4.24. The average Bonchev–Trinajstić information content (AvgIpc) is 2.42. The Morgan fingerprint density at radius 1 is 1.25 bits per heavy atom. The van der Waals surface area contributed by atoms with Gasteiger partial charge in [-0.05, 0) is 30.3 Å². The van der Waals surface area contributed by atoms with Crippen molar-refractivity contribution in [3.8, 4) is 17.6 Å². The third-order valence-corrected chi connectivity index (χ3v) is 2.71. The number of carbonyl (C=O) groups excluding carboxylic acids is 1. The van der Waals surface area contributed by atoms with Crippen molar-refractivity contribution in [3.05, 3.63) is 53.1 Å². The Hall–Kier alpha value is -2.51. The second kappa shape index (κ2) is 6.09. The number of halogens is 1. The van der Waals surface area contributed by atoms with Crippen molar-refractivity contribution in [2.75, 3.05) is 5.32 Å². The summed E-state index contributed by atoms with van der Waals surface area (Å²) in [6.07, 6.45) is 0. The number of amides is 1. The Morgan fingerprint density at radius 2 is 2.00 bits per heavy atom. The van der Waals surface area contributed by atoms with Crippen LogP contribution in [0.3, 0.4) is 0 Å². The highest BCUT2D eigenvalue weighted by molar-refractivity contribution is 6.30. The summed E-state index contributed by atoms with van der Waals surface area (Å²) in [5.41, 5.74) is 0.869. The molecule has 4 nitrogen and oxygen atoms in total. The molecule has 0 saturated heterocycles. The first-order valence-corrected chi connectivity index (χ1v) is 6.22. The van der Waals surface area contributed by atoms with Crippen molar-refractivity contribution in [1.29, 1.82) is 5.26 Å². The molecule has 2 rings (SSSR count). The third kappa shape index (κ3) is 3.28. The van der Waals surface area contributed by atoms with Crippen LogP contribution in [0.25, 0.3) is 0 Å². The van der Waals surface area contributed by atoms with Crippen molar-refractivity contribution in [2.24, 2.45) is 0 Å². The quantitative estimate of drug-likeness (QED) is 0.929. The van der Waals surface area contributed by atoms with Gasteiger partial charge in [-0.15, -0.1) is 0 Å². The van der Waals surface area contributed by atoms with Crippen LogP contribution in [0.15, 0.2) is 42.5 Å². The minimum absolute atomic E-state index is 0.197. The lowest BCUT2D eigenvalue weighted by molar-refractivity contribution is -0.114. The fourth-order valence-electron chi connectivity index (χ4n) is 1.65. The first-order valence-electron chi connectivity index (χ1n) is 5.84. The normalized spacial score (nSPS) is 9.65.